The summed E-state index contributed by atoms with van der Waals surface area (Å²) >= 11 is 0. The molecule has 2 aliphatic rings. The summed E-state index contributed by atoms with van der Waals surface area (Å²) < 4.78 is 62.2. The Labute approximate surface area is 173 Å². The second-order valence-corrected chi connectivity index (χ2v) is 9.53. The molecule has 8 nitrogen and oxygen atoms in total. The second-order valence-electron chi connectivity index (χ2n) is 7.75. The number of methoxy groups -OCH3 is 1. The molecule has 0 aromatic carbocycles. The number of sulfonamides is 1. The number of nitrogens with one attached hydrogen (secondary N) is 1. The van der Waals surface area contributed by atoms with Gasteiger partial charge in [-0.3, -0.25) is 4.90 Å². The smallest absolute Gasteiger partial charge is 0.481 e. The van der Waals surface area contributed by atoms with Crippen molar-refractivity contribution in [3.05, 3.63) is 23.9 Å². The molecule has 2 fully saturated rings. The molecule has 0 radical (unpaired) electrons. The minimum absolute atomic E-state index is 0.136. The van der Waals surface area contributed by atoms with Gasteiger partial charge in [-0.05, 0) is 50.3 Å². The highest BCUT2D eigenvalue weighted by atomic mass is 32.2. The van der Waals surface area contributed by atoms with Crippen molar-refractivity contribution < 1.29 is 36.2 Å². The number of alkyl halides is 3. The summed E-state index contributed by atoms with van der Waals surface area (Å²) in [4.78, 5) is 15.8. The van der Waals surface area contributed by atoms with E-state index < -0.39 is 22.2 Å². The van der Waals surface area contributed by atoms with E-state index >= 15 is 0 Å². The summed E-state index contributed by atoms with van der Waals surface area (Å²) in [5.41, 5.74) is 1.38. The Bertz CT molecular complexity index is 832. The van der Waals surface area contributed by atoms with E-state index in [0.29, 0.717) is 11.3 Å². The molecular formula is C18H26F3N3O5S. The number of halogens is 3. The van der Waals surface area contributed by atoms with Crippen LogP contribution in [0.25, 0.3) is 0 Å². The number of pyridine rings is 1. The third-order valence-corrected chi connectivity index (χ3v) is 6.04. The zero-order chi connectivity index (χ0) is 22.6. The number of hydrogen-bond donors (Lipinski definition) is 2. The molecular weight excluding hydrogens is 427 g/mol. The lowest BCUT2D eigenvalue weighted by Gasteiger charge is -2.52. The van der Waals surface area contributed by atoms with Crippen molar-refractivity contribution in [1.82, 2.24) is 14.6 Å². The van der Waals surface area contributed by atoms with Crippen molar-refractivity contribution in [1.29, 1.82) is 0 Å². The first-order chi connectivity index (χ1) is 13.8. The SMILES string of the molecule is COc1cccc(CN2CCC3(CC2)CC(NS(C)(=O)=O)C3)n1.O=C(O)C(F)(F)F. The number of piperidine rings is 1. The maximum absolute atomic E-state index is 11.3. The molecule has 1 aromatic rings. The largest absolute Gasteiger partial charge is 0.490 e. The highest BCUT2D eigenvalue weighted by Gasteiger charge is 2.46. The summed E-state index contributed by atoms with van der Waals surface area (Å²) in [6.07, 6.45) is 0.385. The van der Waals surface area contributed by atoms with Gasteiger partial charge >= 0.3 is 12.1 Å². The summed E-state index contributed by atoms with van der Waals surface area (Å²) in [6.45, 7) is 2.94. The molecule has 1 aliphatic carbocycles. The van der Waals surface area contributed by atoms with Gasteiger partial charge in [0.15, 0.2) is 0 Å². The van der Waals surface area contributed by atoms with Gasteiger partial charge in [-0.1, -0.05) is 6.07 Å². The first-order valence-corrected chi connectivity index (χ1v) is 11.2. The summed E-state index contributed by atoms with van der Waals surface area (Å²) in [5.74, 6) is -2.10. The zero-order valence-electron chi connectivity index (χ0n) is 16.8. The Balaban J connectivity index is 0.000000396. The van der Waals surface area contributed by atoms with E-state index in [4.69, 9.17) is 14.6 Å². The average molecular weight is 453 g/mol. The first-order valence-electron chi connectivity index (χ1n) is 9.32. The lowest BCUT2D eigenvalue weighted by Crippen LogP contribution is -2.54. The van der Waals surface area contributed by atoms with Crippen molar-refractivity contribution in [2.24, 2.45) is 5.41 Å². The van der Waals surface area contributed by atoms with Crippen LogP contribution in [0.3, 0.4) is 0 Å². The molecule has 170 valence electrons. The van der Waals surface area contributed by atoms with Gasteiger partial charge < -0.3 is 9.84 Å². The Hall–Kier alpha value is -1.92. The van der Waals surface area contributed by atoms with E-state index in [2.05, 4.69) is 14.6 Å². The number of nitrogens with zero attached hydrogens (tertiary/aromatic N) is 2. The number of ether oxygens (including phenoxy) is 1. The minimum atomic E-state index is -5.08. The molecule has 3 rings (SSSR count). The van der Waals surface area contributed by atoms with Crippen LogP contribution in [0.1, 0.15) is 31.4 Å². The minimum Gasteiger partial charge on any atom is -0.481 e. The molecule has 1 saturated carbocycles. The van der Waals surface area contributed by atoms with Gasteiger partial charge in [0.25, 0.3) is 0 Å². The summed E-state index contributed by atoms with van der Waals surface area (Å²) in [6, 6.07) is 6.00. The molecule has 1 aromatic heterocycles. The Morgan fingerprint density at radius 1 is 1.33 bits per heavy atom. The Kier molecular flexibility index (Phi) is 7.69. The molecule has 0 amide bonds. The molecule has 2 N–H and O–H groups in total. The van der Waals surface area contributed by atoms with Crippen molar-refractivity contribution in [3.8, 4) is 5.88 Å². The van der Waals surface area contributed by atoms with Crippen molar-refractivity contribution >= 4 is 16.0 Å². The normalized spacial score (nSPS) is 19.5. The number of aliphatic carboxylic acids is 1. The summed E-state index contributed by atoms with van der Waals surface area (Å²) in [5, 5.41) is 7.12. The fraction of sp³-hybridized carbons (Fsp3) is 0.667. The van der Waals surface area contributed by atoms with Crippen LogP contribution >= 0.6 is 0 Å². The van der Waals surface area contributed by atoms with Gasteiger partial charge in [-0.2, -0.15) is 13.2 Å². The van der Waals surface area contributed by atoms with E-state index in [0.717, 1.165) is 51.0 Å². The Morgan fingerprint density at radius 3 is 2.37 bits per heavy atom. The van der Waals surface area contributed by atoms with Crippen molar-refractivity contribution in [3.63, 3.8) is 0 Å². The number of hydrogen-bond acceptors (Lipinski definition) is 6. The molecule has 0 atom stereocenters. The fourth-order valence-electron chi connectivity index (χ4n) is 3.85. The number of carbonyl (C=O) groups is 1. The molecule has 1 aliphatic heterocycles. The van der Waals surface area contributed by atoms with E-state index in [1.807, 2.05) is 18.2 Å². The maximum atomic E-state index is 11.3. The highest BCUT2D eigenvalue weighted by Crippen LogP contribution is 2.49. The average Bonchev–Trinajstić information content (AvgIpc) is 2.61. The predicted molar refractivity (Wildman–Crippen MR) is 102 cm³/mol. The third kappa shape index (κ3) is 7.40. The van der Waals surface area contributed by atoms with Gasteiger partial charge in [-0.25, -0.2) is 22.9 Å². The van der Waals surface area contributed by atoms with Gasteiger partial charge in [0, 0.05) is 18.7 Å². The number of aromatic nitrogens is 1. The van der Waals surface area contributed by atoms with Crippen LogP contribution in [0.5, 0.6) is 5.88 Å². The van der Waals surface area contributed by atoms with Crippen LogP contribution in [0.15, 0.2) is 18.2 Å². The van der Waals surface area contributed by atoms with E-state index in [-0.39, 0.29) is 6.04 Å². The van der Waals surface area contributed by atoms with Crippen LogP contribution in [0, 0.1) is 5.41 Å². The van der Waals surface area contributed by atoms with Gasteiger partial charge in [0.2, 0.25) is 15.9 Å². The molecule has 1 saturated heterocycles. The van der Waals surface area contributed by atoms with Crippen LogP contribution in [-0.2, 0) is 21.4 Å². The Morgan fingerprint density at radius 2 is 1.90 bits per heavy atom. The van der Waals surface area contributed by atoms with E-state index in [1.165, 1.54) is 6.26 Å². The molecule has 12 heteroatoms. The number of carboxylic acid groups (broad SMARTS) is 1. The van der Waals surface area contributed by atoms with Crippen molar-refractivity contribution in [2.75, 3.05) is 26.5 Å². The van der Waals surface area contributed by atoms with Gasteiger partial charge in [-0.15, -0.1) is 0 Å². The lowest BCUT2D eigenvalue weighted by atomic mass is 9.60. The van der Waals surface area contributed by atoms with E-state index in [9.17, 15) is 21.6 Å². The number of carboxylic acids is 1. The fourth-order valence-corrected chi connectivity index (χ4v) is 4.63. The highest BCUT2D eigenvalue weighted by molar-refractivity contribution is 7.88. The monoisotopic (exact) mass is 453 g/mol. The van der Waals surface area contributed by atoms with Crippen LogP contribution in [-0.4, -0.2) is 68.1 Å². The molecule has 2 heterocycles. The summed E-state index contributed by atoms with van der Waals surface area (Å²) in [7, 11) is -1.44. The molecule has 1 spiro atoms. The van der Waals surface area contributed by atoms with Crippen molar-refractivity contribution in [2.45, 2.75) is 44.4 Å². The zero-order valence-corrected chi connectivity index (χ0v) is 17.6. The molecule has 30 heavy (non-hydrogen) atoms. The van der Waals surface area contributed by atoms with E-state index in [1.54, 1.807) is 7.11 Å². The predicted octanol–water partition coefficient (Wildman–Crippen LogP) is 2.02. The van der Waals surface area contributed by atoms with Gasteiger partial charge in [0.1, 0.15) is 0 Å². The quantitative estimate of drug-likeness (QED) is 0.702. The lowest BCUT2D eigenvalue weighted by molar-refractivity contribution is -0.192. The maximum Gasteiger partial charge on any atom is 0.490 e. The first kappa shape index (κ1) is 24.4. The molecule has 0 unspecified atom stereocenters. The second kappa shape index (κ2) is 9.48. The van der Waals surface area contributed by atoms with Gasteiger partial charge in [0.05, 0.1) is 19.1 Å². The standard InChI is InChI=1S/C16H25N3O3S.C2HF3O2/c1-22-15-5-3-4-13(17-15)12-19-8-6-16(7-9-19)10-14(11-16)18-23(2,20)21;3-2(4,5)1(6)7/h3-5,14,18H,6-12H2,1-2H3;(H,6,7). The third-order valence-electron chi connectivity index (χ3n) is 5.27. The van der Waals surface area contributed by atoms with Crippen LogP contribution in [0.2, 0.25) is 0 Å². The van der Waals surface area contributed by atoms with Crippen LogP contribution < -0.4 is 9.46 Å². The van der Waals surface area contributed by atoms with Crippen LogP contribution in [0.4, 0.5) is 13.2 Å². The molecule has 0 bridgehead atoms. The number of rotatable bonds is 5. The topological polar surface area (TPSA) is 109 Å². The number of likely N-dealkylation sites (tertiary alicyclic amines) is 1.